The van der Waals surface area contributed by atoms with Crippen molar-refractivity contribution in [2.75, 3.05) is 0 Å². The Morgan fingerprint density at radius 2 is 1.85 bits per heavy atom. The minimum atomic E-state index is -1.03. The fourth-order valence-corrected chi connectivity index (χ4v) is 2.27. The lowest BCUT2D eigenvalue weighted by atomic mass is 10.1. The van der Waals surface area contributed by atoms with Gasteiger partial charge in [0.1, 0.15) is 24.0 Å². The summed E-state index contributed by atoms with van der Waals surface area (Å²) >= 11 is 11.8. The number of primary amides is 1. The zero-order chi connectivity index (χ0) is 19.1. The van der Waals surface area contributed by atoms with Crippen LogP contribution < -0.4 is 15.8 Å². The zero-order valence-electron chi connectivity index (χ0n) is 13.3. The van der Waals surface area contributed by atoms with Crippen molar-refractivity contribution in [1.29, 1.82) is 5.26 Å². The number of urea groups is 1. The van der Waals surface area contributed by atoms with Crippen LogP contribution in [0.5, 0.6) is 5.75 Å². The van der Waals surface area contributed by atoms with Gasteiger partial charge in [0.2, 0.25) is 0 Å². The highest BCUT2D eigenvalue weighted by Crippen LogP contribution is 2.23. The van der Waals surface area contributed by atoms with E-state index in [1.54, 1.807) is 42.5 Å². The van der Waals surface area contributed by atoms with Crippen molar-refractivity contribution >= 4 is 41.2 Å². The Morgan fingerprint density at radius 1 is 1.15 bits per heavy atom. The molecule has 0 saturated carbocycles. The number of imide groups is 1. The molecule has 3 amide bonds. The molecule has 0 aromatic heterocycles. The SMILES string of the molecule is N#C/C(=C/c1ccc(OCc2ccc(Cl)c(Cl)c2)cc1)C(=O)NC(N)=O. The van der Waals surface area contributed by atoms with Gasteiger partial charge in [-0.1, -0.05) is 41.4 Å². The molecule has 2 rings (SSSR count). The first-order valence-corrected chi connectivity index (χ1v) is 8.04. The van der Waals surface area contributed by atoms with Gasteiger partial charge >= 0.3 is 6.03 Å². The van der Waals surface area contributed by atoms with Gasteiger partial charge in [-0.05, 0) is 41.5 Å². The second kappa shape index (κ2) is 8.90. The first kappa shape index (κ1) is 19.3. The molecule has 0 aliphatic carbocycles. The Bertz CT molecular complexity index is 903. The van der Waals surface area contributed by atoms with E-state index in [0.29, 0.717) is 28.0 Å². The van der Waals surface area contributed by atoms with Gasteiger partial charge in [0.15, 0.2) is 0 Å². The Balaban J connectivity index is 2.04. The minimum absolute atomic E-state index is 0.242. The summed E-state index contributed by atoms with van der Waals surface area (Å²) in [6.45, 7) is 0.302. The summed E-state index contributed by atoms with van der Waals surface area (Å²) in [6.07, 6.45) is 1.33. The average Bonchev–Trinajstić information content (AvgIpc) is 2.61. The summed E-state index contributed by atoms with van der Waals surface area (Å²) in [5.74, 6) is -0.270. The van der Waals surface area contributed by atoms with Crippen molar-refractivity contribution in [2.24, 2.45) is 5.73 Å². The molecule has 8 heteroatoms. The van der Waals surface area contributed by atoms with E-state index in [0.717, 1.165) is 5.56 Å². The highest BCUT2D eigenvalue weighted by Gasteiger charge is 2.10. The molecule has 26 heavy (non-hydrogen) atoms. The molecule has 0 fully saturated rings. The zero-order valence-corrected chi connectivity index (χ0v) is 14.8. The third kappa shape index (κ3) is 5.52. The normalized spacial score (nSPS) is 10.7. The summed E-state index contributed by atoms with van der Waals surface area (Å²) in [7, 11) is 0. The quantitative estimate of drug-likeness (QED) is 0.600. The summed E-state index contributed by atoms with van der Waals surface area (Å²) in [5.41, 5.74) is 6.06. The van der Waals surface area contributed by atoms with Crippen LogP contribution in [0.3, 0.4) is 0 Å². The van der Waals surface area contributed by atoms with Crippen LogP contribution in [0.1, 0.15) is 11.1 Å². The first-order valence-electron chi connectivity index (χ1n) is 7.28. The predicted molar refractivity (Wildman–Crippen MR) is 98.6 cm³/mol. The number of carbonyl (C=O) groups excluding carboxylic acids is 2. The van der Waals surface area contributed by atoms with E-state index < -0.39 is 11.9 Å². The minimum Gasteiger partial charge on any atom is -0.489 e. The van der Waals surface area contributed by atoms with Gasteiger partial charge in [-0.25, -0.2) is 4.79 Å². The van der Waals surface area contributed by atoms with E-state index in [1.165, 1.54) is 6.08 Å². The first-order chi connectivity index (χ1) is 12.4. The van der Waals surface area contributed by atoms with Crippen molar-refractivity contribution in [3.8, 4) is 11.8 Å². The third-order valence-corrected chi connectivity index (χ3v) is 3.92. The summed E-state index contributed by atoms with van der Waals surface area (Å²) < 4.78 is 5.65. The van der Waals surface area contributed by atoms with E-state index in [9.17, 15) is 9.59 Å². The number of ether oxygens (including phenoxy) is 1. The highest BCUT2D eigenvalue weighted by atomic mass is 35.5. The summed E-state index contributed by atoms with van der Waals surface area (Å²) in [6, 6.07) is 12.6. The Morgan fingerprint density at radius 3 is 2.42 bits per heavy atom. The lowest BCUT2D eigenvalue weighted by Gasteiger charge is -2.07. The van der Waals surface area contributed by atoms with Crippen molar-refractivity contribution in [3.63, 3.8) is 0 Å². The molecule has 3 N–H and O–H groups in total. The number of rotatable bonds is 5. The predicted octanol–water partition coefficient (Wildman–Crippen LogP) is 3.67. The molecule has 6 nitrogen and oxygen atoms in total. The van der Waals surface area contributed by atoms with Crippen LogP contribution >= 0.6 is 23.2 Å². The molecular weight excluding hydrogens is 377 g/mol. The van der Waals surface area contributed by atoms with E-state index in [2.05, 4.69) is 0 Å². The number of hydrogen-bond donors (Lipinski definition) is 2. The molecule has 0 aliphatic rings. The maximum absolute atomic E-state index is 11.6. The summed E-state index contributed by atoms with van der Waals surface area (Å²) in [5, 5.41) is 11.8. The van der Waals surface area contributed by atoms with Crippen LogP contribution in [-0.2, 0) is 11.4 Å². The fraction of sp³-hybridized carbons (Fsp3) is 0.0556. The lowest BCUT2D eigenvalue weighted by Crippen LogP contribution is -2.35. The van der Waals surface area contributed by atoms with Crippen molar-refractivity contribution in [3.05, 3.63) is 69.2 Å². The molecule has 2 aromatic carbocycles. The Hall–Kier alpha value is -3.01. The maximum Gasteiger partial charge on any atom is 0.319 e. The molecule has 0 bridgehead atoms. The Labute approximate surface area is 159 Å². The van der Waals surface area contributed by atoms with Crippen molar-refractivity contribution in [2.45, 2.75) is 6.61 Å². The average molecular weight is 390 g/mol. The van der Waals surface area contributed by atoms with Gasteiger partial charge in [0.25, 0.3) is 5.91 Å². The van der Waals surface area contributed by atoms with E-state index in [1.807, 2.05) is 11.4 Å². The van der Waals surface area contributed by atoms with Crippen LogP contribution in [0.15, 0.2) is 48.0 Å². The molecule has 2 aromatic rings. The monoisotopic (exact) mass is 389 g/mol. The number of benzene rings is 2. The fourth-order valence-electron chi connectivity index (χ4n) is 1.95. The number of amides is 3. The molecule has 132 valence electrons. The number of nitriles is 1. The molecule has 0 aliphatic heterocycles. The van der Waals surface area contributed by atoms with Crippen LogP contribution in [0.25, 0.3) is 6.08 Å². The molecule has 0 spiro atoms. The number of hydrogen-bond acceptors (Lipinski definition) is 4. The lowest BCUT2D eigenvalue weighted by molar-refractivity contribution is -0.115. The topological polar surface area (TPSA) is 105 Å². The molecular formula is C18H13Cl2N3O3. The van der Waals surface area contributed by atoms with Crippen molar-refractivity contribution < 1.29 is 14.3 Å². The second-order valence-corrected chi connectivity index (χ2v) is 5.91. The van der Waals surface area contributed by atoms with Gasteiger partial charge in [-0.2, -0.15) is 5.26 Å². The van der Waals surface area contributed by atoms with E-state index in [4.69, 9.17) is 38.9 Å². The maximum atomic E-state index is 11.6. The molecule has 0 unspecified atom stereocenters. The number of halogens is 2. The molecule has 0 saturated heterocycles. The second-order valence-electron chi connectivity index (χ2n) is 5.09. The standard InChI is InChI=1S/C18H13Cl2N3O3/c19-15-6-3-12(8-16(15)20)10-26-14-4-1-11(2-5-14)7-13(9-21)17(24)23-18(22)25/h1-8H,10H2,(H3,22,23,24,25)/b13-7-. The van der Waals surface area contributed by atoms with Crippen LogP contribution in [-0.4, -0.2) is 11.9 Å². The van der Waals surface area contributed by atoms with E-state index in [-0.39, 0.29) is 5.57 Å². The number of nitrogens with one attached hydrogen (secondary N) is 1. The summed E-state index contributed by atoms with van der Waals surface area (Å²) in [4.78, 5) is 22.3. The number of nitrogens with zero attached hydrogens (tertiary/aromatic N) is 1. The van der Waals surface area contributed by atoms with Gasteiger partial charge in [0.05, 0.1) is 10.0 Å². The number of carbonyl (C=O) groups is 2. The van der Waals surface area contributed by atoms with Gasteiger partial charge in [0, 0.05) is 0 Å². The largest absolute Gasteiger partial charge is 0.489 e. The van der Waals surface area contributed by atoms with E-state index >= 15 is 0 Å². The number of nitrogens with two attached hydrogens (primary N) is 1. The molecule has 0 heterocycles. The highest BCUT2D eigenvalue weighted by molar-refractivity contribution is 6.42. The third-order valence-electron chi connectivity index (χ3n) is 3.18. The van der Waals surface area contributed by atoms with Gasteiger partial charge < -0.3 is 10.5 Å². The Kier molecular flexibility index (Phi) is 6.61. The van der Waals surface area contributed by atoms with Gasteiger partial charge in [-0.3, -0.25) is 10.1 Å². The van der Waals surface area contributed by atoms with Crippen molar-refractivity contribution in [1.82, 2.24) is 5.32 Å². The van der Waals surface area contributed by atoms with Crippen LogP contribution in [0.4, 0.5) is 4.79 Å². The van der Waals surface area contributed by atoms with Crippen LogP contribution in [0, 0.1) is 11.3 Å². The molecule has 0 radical (unpaired) electrons. The van der Waals surface area contributed by atoms with Crippen LogP contribution in [0.2, 0.25) is 10.0 Å². The molecule has 0 atom stereocenters. The van der Waals surface area contributed by atoms with Gasteiger partial charge in [-0.15, -0.1) is 0 Å². The smallest absolute Gasteiger partial charge is 0.319 e.